The van der Waals surface area contributed by atoms with E-state index in [1.807, 2.05) is 6.07 Å². The molecule has 118 valence electrons. The molecule has 22 heavy (non-hydrogen) atoms. The molecule has 1 heterocycles. The monoisotopic (exact) mass is 305 g/mol. The quantitative estimate of drug-likeness (QED) is 0.617. The molecule has 1 fully saturated rings. The third-order valence-electron chi connectivity index (χ3n) is 3.41. The molecule has 0 spiro atoms. The van der Waals surface area contributed by atoms with Gasteiger partial charge in [0.15, 0.2) is 0 Å². The topological polar surface area (TPSA) is 79.0 Å². The highest BCUT2D eigenvalue weighted by molar-refractivity contribution is 6.15. The molecule has 1 aromatic rings. The maximum atomic E-state index is 12.4. The lowest BCUT2D eigenvalue weighted by molar-refractivity contribution is -0.131. The predicted molar refractivity (Wildman–Crippen MR) is 80.4 cm³/mol. The van der Waals surface area contributed by atoms with E-state index in [4.69, 9.17) is 4.74 Å². The lowest BCUT2D eigenvalue weighted by atomic mass is 10.2. The highest BCUT2D eigenvalue weighted by Crippen LogP contribution is 2.25. The molecule has 0 saturated carbocycles. The Hall–Kier alpha value is -2.41. The summed E-state index contributed by atoms with van der Waals surface area (Å²) in [5.41, 5.74) is 0.635. The summed E-state index contributed by atoms with van der Waals surface area (Å²) in [4.78, 5) is 38.8. The number of carbonyl (C=O) groups is 3. The van der Waals surface area contributed by atoms with Crippen molar-refractivity contribution in [2.75, 3.05) is 31.7 Å². The number of hydrogen-bond acceptors (Lipinski definition) is 4. The fourth-order valence-corrected chi connectivity index (χ4v) is 2.29. The Morgan fingerprint density at radius 1 is 1.27 bits per heavy atom. The average molecular weight is 305 g/mol. The van der Waals surface area contributed by atoms with Crippen molar-refractivity contribution in [3.05, 3.63) is 30.3 Å². The zero-order valence-electron chi connectivity index (χ0n) is 12.6. The number of imide groups is 1. The van der Waals surface area contributed by atoms with Crippen LogP contribution >= 0.6 is 0 Å². The maximum absolute atomic E-state index is 12.4. The van der Waals surface area contributed by atoms with Crippen LogP contribution in [-0.2, 0) is 14.3 Å². The second-order valence-electron chi connectivity index (χ2n) is 4.93. The van der Waals surface area contributed by atoms with Crippen LogP contribution < -0.4 is 10.2 Å². The summed E-state index contributed by atoms with van der Waals surface area (Å²) in [7, 11) is 1.53. The number of benzene rings is 1. The van der Waals surface area contributed by atoms with E-state index in [9.17, 15) is 14.4 Å². The Morgan fingerprint density at radius 2 is 1.95 bits per heavy atom. The van der Waals surface area contributed by atoms with Gasteiger partial charge in [0.25, 0.3) is 5.91 Å². The van der Waals surface area contributed by atoms with Gasteiger partial charge in [-0.1, -0.05) is 18.2 Å². The molecule has 1 aromatic carbocycles. The van der Waals surface area contributed by atoms with E-state index in [-0.39, 0.29) is 18.4 Å². The third kappa shape index (κ3) is 3.25. The van der Waals surface area contributed by atoms with Gasteiger partial charge < -0.3 is 10.1 Å². The minimum atomic E-state index is -0.623. The van der Waals surface area contributed by atoms with Crippen LogP contribution in [0.3, 0.4) is 0 Å². The number of hydrogen-bond donors (Lipinski definition) is 1. The minimum Gasteiger partial charge on any atom is -0.383 e. The van der Waals surface area contributed by atoms with E-state index in [1.165, 1.54) is 12.0 Å². The van der Waals surface area contributed by atoms with Crippen molar-refractivity contribution in [2.24, 2.45) is 0 Å². The number of carbonyl (C=O) groups excluding carboxylic acids is 3. The lowest BCUT2D eigenvalue weighted by Gasteiger charge is -2.19. The molecule has 1 unspecified atom stereocenters. The van der Waals surface area contributed by atoms with Gasteiger partial charge in [0, 0.05) is 19.3 Å². The molecule has 0 aliphatic carbocycles. The van der Waals surface area contributed by atoms with E-state index in [1.54, 1.807) is 31.2 Å². The number of nitrogens with zero attached hydrogens (tertiary/aromatic N) is 2. The fraction of sp³-hybridized carbons (Fsp3) is 0.400. The summed E-state index contributed by atoms with van der Waals surface area (Å²) in [6.07, 6.45) is 0. The number of amides is 4. The smallest absolute Gasteiger partial charge is 0.332 e. The molecule has 7 nitrogen and oxygen atoms in total. The highest BCUT2D eigenvalue weighted by Gasteiger charge is 2.43. The molecule has 7 heteroatoms. The van der Waals surface area contributed by atoms with Crippen LogP contribution in [0.15, 0.2) is 30.3 Å². The van der Waals surface area contributed by atoms with Crippen LogP contribution in [0.1, 0.15) is 6.92 Å². The Kier molecular flexibility index (Phi) is 5.11. The number of para-hydroxylation sites is 1. The lowest BCUT2D eigenvalue weighted by Crippen LogP contribution is -2.42. The van der Waals surface area contributed by atoms with Crippen LogP contribution in [0, 0.1) is 0 Å². The van der Waals surface area contributed by atoms with Crippen molar-refractivity contribution in [1.82, 2.24) is 10.2 Å². The Morgan fingerprint density at radius 3 is 2.59 bits per heavy atom. The van der Waals surface area contributed by atoms with Gasteiger partial charge in [-0.2, -0.15) is 0 Å². The molecule has 2 rings (SSSR count). The second kappa shape index (κ2) is 7.04. The molecule has 1 saturated heterocycles. The Balaban J connectivity index is 2.06. The molecule has 0 radical (unpaired) electrons. The highest BCUT2D eigenvalue weighted by atomic mass is 16.5. The average Bonchev–Trinajstić information content (AvgIpc) is 2.72. The van der Waals surface area contributed by atoms with E-state index in [2.05, 4.69) is 5.32 Å². The summed E-state index contributed by atoms with van der Waals surface area (Å²) in [5.74, 6) is -0.767. The van der Waals surface area contributed by atoms with Crippen molar-refractivity contribution in [3.63, 3.8) is 0 Å². The predicted octanol–water partition coefficient (Wildman–Crippen LogP) is 0.606. The van der Waals surface area contributed by atoms with E-state index in [0.717, 1.165) is 4.90 Å². The minimum absolute atomic E-state index is 0.283. The Labute approximate surface area is 128 Å². The number of methoxy groups -OCH3 is 1. The van der Waals surface area contributed by atoms with Gasteiger partial charge >= 0.3 is 6.03 Å². The van der Waals surface area contributed by atoms with Crippen LogP contribution in [0.2, 0.25) is 0 Å². The first-order chi connectivity index (χ1) is 10.6. The SMILES string of the molecule is COCCNC(=O)CN1C(=O)C(C)N(c2ccccc2)C1=O. The Bertz CT molecular complexity index is 561. The molecule has 0 bridgehead atoms. The van der Waals surface area contributed by atoms with Gasteiger partial charge in [-0.3, -0.25) is 19.4 Å². The molecular weight excluding hydrogens is 286 g/mol. The first-order valence-electron chi connectivity index (χ1n) is 7.01. The maximum Gasteiger partial charge on any atom is 0.332 e. The first kappa shape index (κ1) is 16.0. The van der Waals surface area contributed by atoms with E-state index in [0.29, 0.717) is 18.8 Å². The number of rotatable bonds is 6. The molecular formula is C15H19N3O4. The van der Waals surface area contributed by atoms with Gasteiger partial charge in [-0.15, -0.1) is 0 Å². The normalized spacial score (nSPS) is 18.0. The first-order valence-corrected chi connectivity index (χ1v) is 7.01. The number of anilines is 1. The van der Waals surface area contributed by atoms with Crippen LogP contribution in [0.4, 0.5) is 10.5 Å². The molecule has 0 aromatic heterocycles. The summed E-state index contributed by atoms with van der Waals surface area (Å²) in [6, 6.07) is 7.82. The summed E-state index contributed by atoms with van der Waals surface area (Å²) < 4.78 is 4.83. The number of ether oxygens (including phenoxy) is 1. The zero-order chi connectivity index (χ0) is 16.1. The standard InChI is InChI=1S/C15H19N3O4/c1-11-14(20)17(10-13(19)16-8-9-22-2)15(21)18(11)12-6-4-3-5-7-12/h3-7,11H,8-10H2,1-2H3,(H,16,19). The van der Waals surface area contributed by atoms with Gasteiger partial charge in [0.05, 0.1) is 6.61 Å². The van der Waals surface area contributed by atoms with E-state index < -0.39 is 12.1 Å². The summed E-state index contributed by atoms with van der Waals surface area (Å²) in [6.45, 7) is 2.08. The van der Waals surface area contributed by atoms with E-state index >= 15 is 0 Å². The van der Waals surface area contributed by atoms with Crippen LogP contribution in [-0.4, -0.2) is 55.6 Å². The van der Waals surface area contributed by atoms with Gasteiger partial charge in [0.2, 0.25) is 5.91 Å². The number of urea groups is 1. The molecule has 4 amide bonds. The molecule has 1 aliphatic rings. The summed E-state index contributed by atoms with van der Waals surface area (Å²) >= 11 is 0. The van der Waals surface area contributed by atoms with Crippen LogP contribution in [0.5, 0.6) is 0 Å². The second-order valence-corrected chi connectivity index (χ2v) is 4.93. The molecule has 1 N–H and O–H groups in total. The largest absolute Gasteiger partial charge is 0.383 e. The van der Waals surface area contributed by atoms with Crippen molar-refractivity contribution in [2.45, 2.75) is 13.0 Å². The van der Waals surface area contributed by atoms with Crippen molar-refractivity contribution in [1.29, 1.82) is 0 Å². The zero-order valence-corrected chi connectivity index (χ0v) is 12.6. The molecule has 1 atom stereocenters. The van der Waals surface area contributed by atoms with Crippen molar-refractivity contribution >= 4 is 23.5 Å². The number of nitrogens with one attached hydrogen (secondary N) is 1. The van der Waals surface area contributed by atoms with Crippen molar-refractivity contribution < 1.29 is 19.1 Å². The van der Waals surface area contributed by atoms with Crippen LogP contribution in [0.25, 0.3) is 0 Å². The fourth-order valence-electron chi connectivity index (χ4n) is 2.29. The third-order valence-corrected chi connectivity index (χ3v) is 3.41. The van der Waals surface area contributed by atoms with Gasteiger partial charge in [-0.05, 0) is 19.1 Å². The molecule has 1 aliphatic heterocycles. The van der Waals surface area contributed by atoms with Gasteiger partial charge in [0.1, 0.15) is 12.6 Å². The van der Waals surface area contributed by atoms with Gasteiger partial charge in [-0.25, -0.2) is 4.79 Å². The summed E-state index contributed by atoms with van der Waals surface area (Å²) in [5, 5.41) is 2.59. The van der Waals surface area contributed by atoms with Crippen molar-refractivity contribution in [3.8, 4) is 0 Å².